The highest BCUT2D eigenvalue weighted by Gasteiger charge is 2.22. The molecule has 0 saturated heterocycles. The van der Waals surface area contributed by atoms with Gasteiger partial charge in [-0.15, -0.1) is 0 Å². The number of rotatable bonds is 4. The molecular weight excluding hydrogens is 328 g/mol. The van der Waals surface area contributed by atoms with Gasteiger partial charge in [0.1, 0.15) is 12.1 Å². The summed E-state index contributed by atoms with van der Waals surface area (Å²) >= 11 is 0. The molecule has 0 saturated carbocycles. The number of nitriles is 1. The molecule has 1 atom stereocenters. The number of hydrogen-bond acceptors (Lipinski definition) is 4. The Morgan fingerprint density at radius 3 is 2.73 bits per heavy atom. The second kappa shape index (κ2) is 7.28. The Morgan fingerprint density at radius 2 is 2.00 bits per heavy atom. The second-order valence-corrected chi connectivity index (χ2v) is 6.28. The molecule has 132 valence electrons. The third-order valence-corrected chi connectivity index (χ3v) is 4.44. The number of fused-ring (bicyclic) bond motifs is 1. The first-order valence-corrected chi connectivity index (χ1v) is 8.47. The molecule has 26 heavy (non-hydrogen) atoms. The fourth-order valence-corrected chi connectivity index (χ4v) is 3.06. The SMILES string of the molecule is CC(=O)N1CCc2cc(N[C@H](C)C(=O)Nc3ccccc3C#N)ccc21. The third-order valence-electron chi connectivity index (χ3n) is 4.44. The van der Waals surface area contributed by atoms with Crippen LogP contribution in [-0.4, -0.2) is 24.4 Å². The molecule has 2 aromatic rings. The van der Waals surface area contributed by atoms with Crippen molar-refractivity contribution >= 4 is 28.9 Å². The molecule has 0 aromatic heterocycles. The number of hydrogen-bond donors (Lipinski definition) is 2. The highest BCUT2D eigenvalue weighted by atomic mass is 16.2. The van der Waals surface area contributed by atoms with E-state index in [1.165, 1.54) is 0 Å². The standard InChI is InChI=1S/C20H20N4O2/c1-13(20(26)23-18-6-4-3-5-16(18)12-21)22-17-7-8-19-15(11-17)9-10-24(19)14(2)25/h3-8,11,13,22H,9-10H2,1-2H3,(H,23,26)/t13-/m1/s1. The summed E-state index contributed by atoms with van der Waals surface area (Å²) in [5.41, 5.74) is 3.77. The summed E-state index contributed by atoms with van der Waals surface area (Å²) in [6.07, 6.45) is 0.806. The molecule has 0 aliphatic carbocycles. The van der Waals surface area contributed by atoms with Gasteiger partial charge in [-0.25, -0.2) is 0 Å². The molecule has 1 heterocycles. The van der Waals surface area contributed by atoms with Gasteiger partial charge < -0.3 is 15.5 Å². The molecule has 0 unspecified atom stereocenters. The molecule has 3 rings (SSSR count). The Kier molecular flexibility index (Phi) is 4.90. The first kappa shape index (κ1) is 17.5. The van der Waals surface area contributed by atoms with Crippen LogP contribution in [0.1, 0.15) is 25.0 Å². The van der Waals surface area contributed by atoms with Crippen LogP contribution in [0.5, 0.6) is 0 Å². The number of carbonyl (C=O) groups is 2. The van der Waals surface area contributed by atoms with Crippen molar-refractivity contribution in [2.75, 3.05) is 22.1 Å². The molecule has 0 spiro atoms. The van der Waals surface area contributed by atoms with Crippen LogP contribution in [0.2, 0.25) is 0 Å². The zero-order valence-corrected chi connectivity index (χ0v) is 14.7. The molecule has 2 amide bonds. The molecule has 0 bridgehead atoms. The van der Waals surface area contributed by atoms with Crippen molar-refractivity contribution in [1.29, 1.82) is 5.26 Å². The topological polar surface area (TPSA) is 85.2 Å². The van der Waals surface area contributed by atoms with E-state index in [4.69, 9.17) is 5.26 Å². The van der Waals surface area contributed by atoms with E-state index < -0.39 is 6.04 Å². The zero-order valence-electron chi connectivity index (χ0n) is 14.7. The molecule has 0 fully saturated rings. The van der Waals surface area contributed by atoms with E-state index >= 15 is 0 Å². The van der Waals surface area contributed by atoms with Crippen LogP contribution in [0.25, 0.3) is 0 Å². The van der Waals surface area contributed by atoms with Gasteiger partial charge in [-0.1, -0.05) is 12.1 Å². The number of benzene rings is 2. The van der Waals surface area contributed by atoms with Gasteiger partial charge in [-0.3, -0.25) is 9.59 Å². The van der Waals surface area contributed by atoms with Crippen molar-refractivity contribution in [3.05, 3.63) is 53.6 Å². The molecule has 2 aromatic carbocycles. The lowest BCUT2D eigenvalue weighted by atomic mass is 10.1. The van der Waals surface area contributed by atoms with Crippen LogP contribution in [0, 0.1) is 11.3 Å². The average Bonchev–Trinajstić information content (AvgIpc) is 3.05. The summed E-state index contributed by atoms with van der Waals surface area (Å²) in [7, 11) is 0. The molecular formula is C20H20N4O2. The summed E-state index contributed by atoms with van der Waals surface area (Å²) in [6, 6.07) is 14.2. The van der Waals surface area contributed by atoms with Crippen molar-refractivity contribution < 1.29 is 9.59 Å². The van der Waals surface area contributed by atoms with Crippen molar-refractivity contribution in [2.45, 2.75) is 26.3 Å². The van der Waals surface area contributed by atoms with Crippen LogP contribution in [0.15, 0.2) is 42.5 Å². The number of anilines is 3. The summed E-state index contributed by atoms with van der Waals surface area (Å²) in [6.45, 7) is 4.02. The summed E-state index contributed by atoms with van der Waals surface area (Å²) in [5, 5.41) is 15.1. The summed E-state index contributed by atoms with van der Waals surface area (Å²) < 4.78 is 0. The van der Waals surface area contributed by atoms with Gasteiger partial charge >= 0.3 is 0 Å². The Hall–Kier alpha value is -3.33. The minimum Gasteiger partial charge on any atom is -0.374 e. The van der Waals surface area contributed by atoms with Gasteiger partial charge in [0.2, 0.25) is 11.8 Å². The number of carbonyl (C=O) groups excluding carboxylic acids is 2. The maximum atomic E-state index is 12.4. The van der Waals surface area contributed by atoms with Crippen LogP contribution < -0.4 is 15.5 Å². The van der Waals surface area contributed by atoms with Gasteiger partial charge in [0.05, 0.1) is 11.3 Å². The van der Waals surface area contributed by atoms with Crippen LogP contribution in [-0.2, 0) is 16.0 Å². The third kappa shape index (κ3) is 3.52. The molecule has 1 aliphatic heterocycles. The average molecular weight is 348 g/mol. The molecule has 2 N–H and O–H groups in total. The number of para-hydroxylation sites is 1. The molecule has 6 heteroatoms. The predicted octanol–water partition coefficient (Wildman–Crippen LogP) is 2.91. The van der Waals surface area contributed by atoms with E-state index in [9.17, 15) is 9.59 Å². The normalized spacial score (nSPS) is 13.5. The summed E-state index contributed by atoms with van der Waals surface area (Å²) in [5.74, 6) is -0.188. The van der Waals surface area contributed by atoms with Crippen molar-refractivity contribution in [1.82, 2.24) is 0 Å². The maximum absolute atomic E-state index is 12.4. The smallest absolute Gasteiger partial charge is 0.246 e. The minimum atomic E-state index is -0.481. The van der Waals surface area contributed by atoms with Crippen molar-refractivity contribution in [3.8, 4) is 6.07 Å². The van der Waals surface area contributed by atoms with E-state index in [1.54, 1.807) is 43.0 Å². The van der Waals surface area contributed by atoms with Crippen molar-refractivity contribution in [2.24, 2.45) is 0 Å². The van der Waals surface area contributed by atoms with Crippen LogP contribution in [0.4, 0.5) is 17.1 Å². The van der Waals surface area contributed by atoms with E-state index in [0.717, 1.165) is 23.4 Å². The van der Waals surface area contributed by atoms with E-state index in [0.29, 0.717) is 17.8 Å². The highest BCUT2D eigenvalue weighted by molar-refractivity contribution is 5.97. The molecule has 0 radical (unpaired) electrons. The van der Waals surface area contributed by atoms with Gasteiger partial charge in [0.25, 0.3) is 0 Å². The highest BCUT2D eigenvalue weighted by Crippen LogP contribution is 2.30. The van der Waals surface area contributed by atoms with E-state index in [-0.39, 0.29) is 11.8 Å². The lowest BCUT2D eigenvalue weighted by Crippen LogP contribution is -2.32. The molecule has 6 nitrogen and oxygen atoms in total. The van der Waals surface area contributed by atoms with E-state index in [1.807, 2.05) is 18.2 Å². The fourth-order valence-electron chi connectivity index (χ4n) is 3.06. The van der Waals surface area contributed by atoms with Gasteiger partial charge in [-0.2, -0.15) is 5.26 Å². The lowest BCUT2D eigenvalue weighted by molar-refractivity contribution is -0.117. The van der Waals surface area contributed by atoms with E-state index in [2.05, 4.69) is 16.7 Å². The monoisotopic (exact) mass is 348 g/mol. The second-order valence-electron chi connectivity index (χ2n) is 6.28. The summed E-state index contributed by atoms with van der Waals surface area (Å²) in [4.78, 5) is 25.8. The van der Waals surface area contributed by atoms with Gasteiger partial charge in [0.15, 0.2) is 0 Å². The predicted molar refractivity (Wildman–Crippen MR) is 101 cm³/mol. The fraction of sp³-hybridized carbons (Fsp3) is 0.250. The van der Waals surface area contributed by atoms with Crippen LogP contribution in [0.3, 0.4) is 0 Å². The number of nitrogens with one attached hydrogen (secondary N) is 2. The first-order chi connectivity index (χ1) is 12.5. The minimum absolute atomic E-state index is 0.0355. The molecule has 1 aliphatic rings. The largest absolute Gasteiger partial charge is 0.374 e. The van der Waals surface area contributed by atoms with Gasteiger partial charge in [-0.05, 0) is 49.2 Å². The number of nitrogens with zero attached hydrogens (tertiary/aromatic N) is 2. The van der Waals surface area contributed by atoms with Crippen molar-refractivity contribution in [3.63, 3.8) is 0 Å². The Balaban J connectivity index is 1.68. The Morgan fingerprint density at radius 1 is 1.23 bits per heavy atom. The Bertz CT molecular complexity index is 901. The first-order valence-electron chi connectivity index (χ1n) is 8.47. The zero-order chi connectivity index (χ0) is 18.7. The lowest BCUT2D eigenvalue weighted by Gasteiger charge is -2.18. The maximum Gasteiger partial charge on any atom is 0.246 e. The Labute approximate surface area is 152 Å². The quantitative estimate of drug-likeness (QED) is 0.890. The number of amides is 2. The van der Waals surface area contributed by atoms with Crippen LogP contribution >= 0.6 is 0 Å². The van der Waals surface area contributed by atoms with Gasteiger partial charge in [0, 0.05) is 24.8 Å².